The fourth-order valence-electron chi connectivity index (χ4n) is 2.28. The van der Waals surface area contributed by atoms with Crippen LogP contribution < -0.4 is 5.14 Å². The van der Waals surface area contributed by atoms with Crippen LogP contribution in [-0.2, 0) is 22.0 Å². The average molecular weight is 295 g/mol. The Morgan fingerprint density at radius 3 is 2.45 bits per heavy atom. The van der Waals surface area contributed by atoms with Crippen molar-refractivity contribution < 1.29 is 8.42 Å². The number of hydrogen-bond donors (Lipinski definition) is 1. The summed E-state index contributed by atoms with van der Waals surface area (Å²) in [5.41, 5.74) is 1.56. The maximum atomic E-state index is 11.4. The lowest BCUT2D eigenvalue weighted by atomic mass is 9.89. The van der Waals surface area contributed by atoms with Gasteiger partial charge in [0, 0.05) is 12.0 Å². The minimum atomic E-state index is -3.69. The highest BCUT2D eigenvalue weighted by atomic mass is 32.2. The van der Waals surface area contributed by atoms with Gasteiger partial charge >= 0.3 is 0 Å². The number of aromatic nitrogens is 2. The number of sulfonamides is 1. The first-order valence-electron chi connectivity index (χ1n) is 6.74. The minimum absolute atomic E-state index is 0.0587. The zero-order valence-electron chi connectivity index (χ0n) is 12.3. The summed E-state index contributed by atoms with van der Waals surface area (Å²) in [5, 5.41) is 5.17. The summed E-state index contributed by atoms with van der Waals surface area (Å²) in [6, 6.07) is 4.86. The third-order valence-corrected chi connectivity index (χ3v) is 4.76. The first-order chi connectivity index (χ1) is 9.20. The van der Waals surface area contributed by atoms with Crippen LogP contribution in [0.1, 0.15) is 39.9 Å². The normalized spacial score (nSPS) is 13.1. The Bertz CT molecular complexity index is 745. The summed E-state index contributed by atoms with van der Waals surface area (Å²) in [7, 11) is -3.69. The number of imidazole rings is 1. The maximum absolute atomic E-state index is 11.4. The number of fused-ring (bicyclic) bond motifs is 1. The molecule has 2 rings (SSSR count). The Hall–Kier alpha value is -1.40. The third-order valence-electron chi connectivity index (χ3n) is 3.85. The molecule has 0 aliphatic heterocycles. The highest BCUT2D eigenvalue weighted by Gasteiger charge is 2.25. The molecular weight excluding hydrogens is 274 g/mol. The van der Waals surface area contributed by atoms with E-state index in [2.05, 4.69) is 37.2 Å². The van der Waals surface area contributed by atoms with E-state index in [1.807, 2.05) is 0 Å². The van der Waals surface area contributed by atoms with E-state index in [0.29, 0.717) is 5.52 Å². The van der Waals surface area contributed by atoms with Crippen LogP contribution in [0.15, 0.2) is 23.1 Å². The molecule has 1 aromatic heterocycles. The van der Waals surface area contributed by atoms with Crippen LogP contribution in [0.2, 0.25) is 0 Å². The standard InChI is InChI=1S/C14H21N3O2S/c1-5-14(3,4)13-16-11-9-10(20(15,18)19)7-8-12(11)17(13)6-2/h7-9H,5-6H2,1-4H3,(H2,15,18,19). The fraction of sp³-hybridized carbons (Fsp3) is 0.500. The lowest BCUT2D eigenvalue weighted by Gasteiger charge is -2.23. The summed E-state index contributed by atoms with van der Waals surface area (Å²) in [6.07, 6.45) is 0.957. The van der Waals surface area contributed by atoms with E-state index in [0.717, 1.165) is 24.3 Å². The van der Waals surface area contributed by atoms with Gasteiger partial charge in [0.1, 0.15) is 5.82 Å². The van der Waals surface area contributed by atoms with Crippen LogP contribution in [0.5, 0.6) is 0 Å². The van der Waals surface area contributed by atoms with Crippen molar-refractivity contribution in [3.63, 3.8) is 0 Å². The van der Waals surface area contributed by atoms with Crippen molar-refractivity contribution in [2.45, 2.75) is 51.0 Å². The van der Waals surface area contributed by atoms with Gasteiger partial charge in [0.15, 0.2) is 0 Å². The number of nitrogens with two attached hydrogens (primary N) is 1. The molecule has 0 radical (unpaired) electrons. The van der Waals surface area contributed by atoms with Crippen LogP contribution in [0, 0.1) is 0 Å². The van der Waals surface area contributed by atoms with Gasteiger partial charge < -0.3 is 4.57 Å². The average Bonchev–Trinajstić information content (AvgIpc) is 2.75. The van der Waals surface area contributed by atoms with Gasteiger partial charge in [-0.3, -0.25) is 0 Å². The van der Waals surface area contributed by atoms with Gasteiger partial charge in [-0.2, -0.15) is 0 Å². The predicted molar refractivity (Wildman–Crippen MR) is 80.1 cm³/mol. The number of rotatable bonds is 4. The Kier molecular flexibility index (Phi) is 3.64. The van der Waals surface area contributed by atoms with Crippen molar-refractivity contribution in [2.24, 2.45) is 5.14 Å². The lowest BCUT2D eigenvalue weighted by molar-refractivity contribution is 0.451. The monoisotopic (exact) mass is 295 g/mol. The highest BCUT2D eigenvalue weighted by molar-refractivity contribution is 7.89. The second-order valence-corrected chi connectivity index (χ2v) is 7.17. The van der Waals surface area contributed by atoms with Crippen molar-refractivity contribution >= 4 is 21.1 Å². The van der Waals surface area contributed by atoms with Crippen molar-refractivity contribution in [3.05, 3.63) is 24.0 Å². The molecule has 20 heavy (non-hydrogen) atoms. The number of benzene rings is 1. The minimum Gasteiger partial charge on any atom is -0.328 e. The molecule has 5 nitrogen and oxygen atoms in total. The fourth-order valence-corrected chi connectivity index (χ4v) is 2.82. The van der Waals surface area contributed by atoms with Crippen LogP contribution >= 0.6 is 0 Å². The quantitative estimate of drug-likeness (QED) is 0.940. The van der Waals surface area contributed by atoms with E-state index in [1.165, 1.54) is 6.07 Å². The molecule has 0 spiro atoms. The van der Waals surface area contributed by atoms with Gasteiger partial charge in [0.25, 0.3) is 0 Å². The molecule has 0 bridgehead atoms. The van der Waals surface area contributed by atoms with Crippen molar-refractivity contribution in [3.8, 4) is 0 Å². The van der Waals surface area contributed by atoms with Gasteiger partial charge in [-0.05, 0) is 31.5 Å². The third kappa shape index (κ3) is 2.45. The first-order valence-corrected chi connectivity index (χ1v) is 8.29. The summed E-state index contributed by atoms with van der Waals surface area (Å²) >= 11 is 0. The molecule has 0 saturated carbocycles. The Morgan fingerprint density at radius 2 is 1.95 bits per heavy atom. The van der Waals surface area contributed by atoms with Gasteiger partial charge in [0.05, 0.1) is 15.9 Å². The van der Waals surface area contributed by atoms with Gasteiger partial charge in [-0.1, -0.05) is 20.8 Å². The zero-order chi connectivity index (χ0) is 15.1. The molecule has 0 aliphatic rings. The molecule has 1 aromatic carbocycles. The Morgan fingerprint density at radius 1 is 1.30 bits per heavy atom. The lowest BCUT2D eigenvalue weighted by Crippen LogP contribution is -2.21. The first kappa shape index (κ1) is 15.0. The van der Waals surface area contributed by atoms with Crippen molar-refractivity contribution in [1.82, 2.24) is 9.55 Å². The van der Waals surface area contributed by atoms with E-state index in [1.54, 1.807) is 12.1 Å². The van der Waals surface area contributed by atoms with Gasteiger partial charge in [0.2, 0.25) is 10.0 Å². The number of aryl methyl sites for hydroxylation is 1. The zero-order valence-corrected chi connectivity index (χ0v) is 13.2. The number of hydrogen-bond acceptors (Lipinski definition) is 3. The SMILES string of the molecule is CCn1c(C(C)(C)CC)nc2cc(S(N)(=O)=O)ccc21. The molecule has 2 aromatic rings. The van der Waals surface area contributed by atoms with Crippen LogP contribution in [-0.4, -0.2) is 18.0 Å². The largest absolute Gasteiger partial charge is 0.328 e. The second-order valence-electron chi connectivity index (χ2n) is 5.61. The Labute approximate surface area is 119 Å². The molecule has 0 unspecified atom stereocenters. The highest BCUT2D eigenvalue weighted by Crippen LogP contribution is 2.30. The molecule has 2 N–H and O–H groups in total. The van der Waals surface area contributed by atoms with E-state index in [-0.39, 0.29) is 10.3 Å². The molecule has 0 fully saturated rings. The molecule has 0 atom stereocenters. The summed E-state index contributed by atoms with van der Waals surface area (Å²) in [6.45, 7) is 9.25. The van der Waals surface area contributed by atoms with E-state index in [4.69, 9.17) is 5.14 Å². The smallest absolute Gasteiger partial charge is 0.238 e. The van der Waals surface area contributed by atoms with E-state index >= 15 is 0 Å². The number of primary sulfonamides is 1. The summed E-state index contributed by atoms with van der Waals surface area (Å²) in [4.78, 5) is 4.75. The molecule has 0 aliphatic carbocycles. The molecule has 0 amide bonds. The Balaban J connectivity index is 2.75. The maximum Gasteiger partial charge on any atom is 0.238 e. The summed E-state index contributed by atoms with van der Waals surface area (Å²) < 4.78 is 25.0. The molecule has 0 saturated heterocycles. The van der Waals surface area contributed by atoms with Gasteiger partial charge in [-0.15, -0.1) is 0 Å². The molecule has 110 valence electrons. The van der Waals surface area contributed by atoms with Gasteiger partial charge in [-0.25, -0.2) is 18.5 Å². The molecular formula is C14H21N3O2S. The second kappa shape index (κ2) is 4.86. The molecule has 1 heterocycles. The van der Waals surface area contributed by atoms with Crippen molar-refractivity contribution in [1.29, 1.82) is 0 Å². The van der Waals surface area contributed by atoms with Crippen LogP contribution in [0.3, 0.4) is 0 Å². The topological polar surface area (TPSA) is 78.0 Å². The van der Waals surface area contributed by atoms with Crippen molar-refractivity contribution in [2.75, 3.05) is 0 Å². The van der Waals surface area contributed by atoms with Crippen LogP contribution in [0.25, 0.3) is 11.0 Å². The predicted octanol–water partition coefficient (Wildman–Crippen LogP) is 2.39. The van der Waals surface area contributed by atoms with E-state index in [9.17, 15) is 8.42 Å². The molecule has 6 heteroatoms. The van der Waals surface area contributed by atoms with E-state index < -0.39 is 10.0 Å². The van der Waals surface area contributed by atoms with Crippen LogP contribution in [0.4, 0.5) is 0 Å². The number of nitrogens with zero attached hydrogens (tertiary/aromatic N) is 2. The summed E-state index contributed by atoms with van der Waals surface area (Å²) in [5.74, 6) is 0.976.